The summed E-state index contributed by atoms with van der Waals surface area (Å²) in [7, 11) is 0. The predicted octanol–water partition coefficient (Wildman–Crippen LogP) is -0.946. The lowest BCUT2D eigenvalue weighted by Crippen LogP contribution is -2.56. The largest absolute Gasteiger partial charge is 0.435 e. The molecule has 2 aliphatic rings. The van der Waals surface area contributed by atoms with E-state index in [0.717, 1.165) is 9.13 Å². The second-order valence-corrected chi connectivity index (χ2v) is 7.21. The zero-order valence-electron chi connectivity index (χ0n) is 17.2. The Morgan fingerprint density at radius 1 is 1.00 bits per heavy atom. The van der Waals surface area contributed by atoms with Crippen LogP contribution in [-0.2, 0) is 41.6 Å². The van der Waals surface area contributed by atoms with Crippen LogP contribution in [0.4, 0.5) is 0 Å². The summed E-state index contributed by atoms with van der Waals surface area (Å²) in [5, 5.41) is 0. The van der Waals surface area contributed by atoms with Gasteiger partial charge in [0.2, 0.25) is 5.76 Å². The van der Waals surface area contributed by atoms with Gasteiger partial charge in [0, 0.05) is 12.0 Å². The van der Waals surface area contributed by atoms with E-state index in [4.69, 9.17) is 18.9 Å². The first-order valence-electron chi connectivity index (χ1n) is 9.61. The molecule has 1 aromatic rings. The van der Waals surface area contributed by atoms with Gasteiger partial charge >= 0.3 is 29.0 Å². The molecule has 0 amide bonds. The van der Waals surface area contributed by atoms with Gasteiger partial charge in [0.05, 0.1) is 38.5 Å². The van der Waals surface area contributed by atoms with Crippen LogP contribution in [0.5, 0.6) is 0 Å². The molecule has 3 unspecified atom stereocenters. The molecule has 0 radical (unpaired) electrons. The fourth-order valence-electron chi connectivity index (χ4n) is 2.71. The third-order valence-electron chi connectivity index (χ3n) is 4.59. The Labute approximate surface area is 175 Å². The van der Waals surface area contributed by atoms with Crippen molar-refractivity contribution in [1.82, 2.24) is 13.7 Å². The highest BCUT2D eigenvalue weighted by Crippen LogP contribution is 2.14. The van der Waals surface area contributed by atoms with E-state index < -0.39 is 41.0 Å². The zero-order chi connectivity index (χ0) is 22.9. The minimum Gasteiger partial charge on any atom is -0.435 e. The van der Waals surface area contributed by atoms with Gasteiger partial charge in [-0.05, 0) is 13.5 Å². The number of carbonyl (C=O) groups is 2. The average molecular weight is 437 g/mol. The lowest BCUT2D eigenvalue weighted by Gasteiger charge is -2.20. The van der Waals surface area contributed by atoms with Gasteiger partial charge in [0.25, 0.3) is 0 Å². The molecular formula is C19H23N3O9. The van der Waals surface area contributed by atoms with Crippen LogP contribution in [0, 0.1) is 0 Å². The van der Waals surface area contributed by atoms with E-state index in [1.54, 1.807) is 6.92 Å². The maximum Gasteiger partial charge on any atom is 0.375 e. The van der Waals surface area contributed by atoms with E-state index >= 15 is 0 Å². The van der Waals surface area contributed by atoms with Gasteiger partial charge < -0.3 is 18.9 Å². The number of nitrogens with zero attached hydrogens (tertiary/aromatic N) is 3. The Hall–Kier alpha value is -3.25. The summed E-state index contributed by atoms with van der Waals surface area (Å²) in [6.07, 6.45) is -1.98. The molecule has 0 saturated carbocycles. The number of esters is 2. The highest BCUT2D eigenvalue weighted by Gasteiger charge is 2.32. The summed E-state index contributed by atoms with van der Waals surface area (Å²) >= 11 is 0. The Balaban J connectivity index is 1.95. The van der Waals surface area contributed by atoms with Crippen LogP contribution in [0.15, 0.2) is 38.9 Å². The Bertz CT molecular complexity index is 1050. The van der Waals surface area contributed by atoms with Crippen molar-refractivity contribution in [1.29, 1.82) is 0 Å². The quantitative estimate of drug-likeness (QED) is 0.196. The Kier molecular flexibility index (Phi) is 6.41. The first-order chi connectivity index (χ1) is 14.6. The normalized spacial score (nSPS) is 19.9. The van der Waals surface area contributed by atoms with E-state index in [-0.39, 0.29) is 37.3 Å². The van der Waals surface area contributed by atoms with Gasteiger partial charge in [-0.25, -0.2) is 37.7 Å². The summed E-state index contributed by atoms with van der Waals surface area (Å²) in [6, 6.07) is 0. The molecule has 0 N–H and O–H groups in total. The van der Waals surface area contributed by atoms with Crippen molar-refractivity contribution < 1.29 is 28.5 Å². The molecule has 0 aromatic carbocycles. The first-order valence-corrected chi connectivity index (χ1v) is 9.61. The molecule has 1 aromatic heterocycles. The molecule has 31 heavy (non-hydrogen) atoms. The first kappa shape index (κ1) is 22.4. The van der Waals surface area contributed by atoms with Gasteiger partial charge in [-0.2, -0.15) is 0 Å². The Morgan fingerprint density at radius 3 is 1.87 bits per heavy atom. The molecule has 0 bridgehead atoms. The van der Waals surface area contributed by atoms with Crippen molar-refractivity contribution in [2.24, 2.45) is 0 Å². The van der Waals surface area contributed by atoms with Crippen LogP contribution >= 0.6 is 0 Å². The maximum atomic E-state index is 13.0. The summed E-state index contributed by atoms with van der Waals surface area (Å²) in [5.41, 5.74) is -2.64. The second kappa shape index (κ2) is 8.86. The molecule has 0 spiro atoms. The lowest BCUT2D eigenvalue weighted by molar-refractivity contribution is -0.157. The van der Waals surface area contributed by atoms with E-state index in [1.165, 1.54) is 6.92 Å². The van der Waals surface area contributed by atoms with Gasteiger partial charge in [-0.3, -0.25) is 0 Å². The van der Waals surface area contributed by atoms with Crippen molar-refractivity contribution in [3.8, 4) is 0 Å². The minimum absolute atomic E-state index is 0.0145. The van der Waals surface area contributed by atoms with Gasteiger partial charge in [0.1, 0.15) is 0 Å². The van der Waals surface area contributed by atoms with Crippen molar-refractivity contribution >= 4 is 11.9 Å². The third-order valence-corrected chi connectivity index (χ3v) is 4.59. The maximum absolute atomic E-state index is 13.0. The molecular weight excluding hydrogens is 414 g/mol. The second-order valence-electron chi connectivity index (χ2n) is 7.21. The number of carbonyl (C=O) groups excluding carboxylic acids is 2. The van der Waals surface area contributed by atoms with E-state index in [1.807, 2.05) is 0 Å². The van der Waals surface area contributed by atoms with Gasteiger partial charge in [-0.15, -0.1) is 0 Å². The molecule has 3 atom stereocenters. The van der Waals surface area contributed by atoms with Crippen molar-refractivity contribution in [3.63, 3.8) is 0 Å². The number of hydrogen-bond acceptors (Lipinski definition) is 9. The van der Waals surface area contributed by atoms with Crippen molar-refractivity contribution in [2.45, 2.75) is 51.8 Å². The van der Waals surface area contributed by atoms with Gasteiger partial charge in [-0.1, -0.05) is 13.5 Å². The van der Waals surface area contributed by atoms with E-state index in [2.05, 4.69) is 13.2 Å². The SMILES string of the molecule is C=C(C)C(=O)OC(=C)C(=O)OC(CC)n1c(=O)n(CC2CO2)c(=O)n(CC2CO2)c1=O. The van der Waals surface area contributed by atoms with E-state index in [9.17, 15) is 24.0 Å². The number of ether oxygens (including phenoxy) is 4. The number of aromatic nitrogens is 3. The topological polar surface area (TPSA) is 144 Å². The summed E-state index contributed by atoms with van der Waals surface area (Å²) in [5.74, 6) is -2.66. The molecule has 2 fully saturated rings. The number of epoxide rings is 2. The van der Waals surface area contributed by atoms with Crippen molar-refractivity contribution in [3.05, 3.63) is 55.9 Å². The third kappa shape index (κ3) is 5.09. The van der Waals surface area contributed by atoms with Crippen LogP contribution in [0.3, 0.4) is 0 Å². The molecule has 12 heteroatoms. The molecule has 168 valence electrons. The fraction of sp³-hybridized carbons (Fsp3) is 0.526. The van der Waals surface area contributed by atoms with Gasteiger partial charge in [0.15, 0.2) is 6.23 Å². The highest BCUT2D eigenvalue weighted by molar-refractivity contribution is 5.94. The lowest BCUT2D eigenvalue weighted by atomic mass is 10.3. The molecule has 3 rings (SSSR count). The standard InChI is InChI=1S/C19H23N3O9/c1-5-14(31-16(24)11(4)30-15(23)10(2)3)22-18(26)20(6-12-8-28-12)17(25)21(19(22)27)7-13-9-29-13/h12-14H,2,4-9H2,1,3H3. The van der Waals surface area contributed by atoms with Crippen molar-refractivity contribution in [2.75, 3.05) is 13.2 Å². The van der Waals surface area contributed by atoms with Crippen LogP contribution in [0.1, 0.15) is 26.5 Å². The number of hydrogen-bond donors (Lipinski definition) is 0. The smallest absolute Gasteiger partial charge is 0.375 e. The minimum atomic E-state index is -1.37. The molecule has 0 aliphatic carbocycles. The summed E-state index contributed by atoms with van der Waals surface area (Å²) in [4.78, 5) is 62.5. The molecule has 3 heterocycles. The predicted molar refractivity (Wildman–Crippen MR) is 104 cm³/mol. The monoisotopic (exact) mass is 437 g/mol. The van der Waals surface area contributed by atoms with Crippen LogP contribution in [-0.4, -0.2) is 51.1 Å². The zero-order valence-corrected chi connectivity index (χ0v) is 17.2. The fourth-order valence-corrected chi connectivity index (χ4v) is 2.71. The average Bonchev–Trinajstić information content (AvgIpc) is 3.63. The number of rotatable bonds is 10. The highest BCUT2D eigenvalue weighted by atomic mass is 16.6. The summed E-state index contributed by atoms with van der Waals surface area (Å²) < 4.78 is 22.5. The van der Waals surface area contributed by atoms with Crippen LogP contribution in [0.25, 0.3) is 0 Å². The molecule has 12 nitrogen and oxygen atoms in total. The summed E-state index contributed by atoms with van der Waals surface area (Å²) in [6.45, 7) is 10.4. The van der Waals surface area contributed by atoms with Crippen LogP contribution < -0.4 is 17.1 Å². The molecule has 2 aliphatic heterocycles. The van der Waals surface area contributed by atoms with E-state index in [0.29, 0.717) is 17.8 Å². The Morgan fingerprint density at radius 2 is 1.48 bits per heavy atom. The molecule has 2 saturated heterocycles. The van der Waals surface area contributed by atoms with Crippen LogP contribution in [0.2, 0.25) is 0 Å².